The van der Waals surface area contributed by atoms with Crippen LogP contribution in [-0.4, -0.2) is 16.0 Å². The first kappa shape index (κ1) is 13.6. The number of aromatic nitrogens is 2. The molecule has 0 radical (unpaired) electrons. The van der Waals surface area contributed by atoms with Crippen molar-refractivity contribution < 1.29 is 0 Å². The number of nitrogens with zero attached hydrogens (tertiary/aromatic N) is 2. The Morgan fingerprint density at radius 1 is 1.22 bits per heavy atom. The highest BCUT2D eigenvalue weighted by Gasteiger charge is 2.20. The molecule has 1 aliphatic rings. The van der Waals surface area contributed by atoms with Crippen LogP contribution in [0.25, 0.3) is 0 Å². The van der Waals surface area contributed by atoms with Gasteiger partial charge >= 0.3 is 0 Å². The van der Waals surface area contributed by atoms with Crippen molar-refractivity contribution in [2.45, 2.75) is 58.4 Å². The SMILES string of the molecule is CCc1nc(Cl)cc(NC2CCC(CC)CC2)n1. The zero-order chi connectivity index (χ0) is 13.0. The standard InChI is InChI=1S/C14H22ClN3/c1-3-10-5-7-11(8-6-10)16-14-9-12(15)17-13(4-2)18-14/h9-11H,3-8H2,1-2H3,(H,16,17,18). The Bertz CT molecular complexity index is 387. The Morgan fingerprint density at radius 2 is 1.94 bits per heavy atom. The van der Waals surface area contributed by atoms with Crippen molar-refractivity contribution in [1.82, 2.24) is 9.97 Å². The first-order valence-electron chi connectivity index (χ1n) is 7.01. The molecular weight excluding hydrogens is 246 g/mol. The second-order valence-corrected chi connectivity index (χ2v) is 5.50. The van der Waals surface area contributed by atoms with E-state index in [1.54, 1.807) is 0 Å². The molecule has 0 bridgehead atoms. The summed E-state index contributed by atoms with van der Waals surface area (Å²) in [5.41, 5.74) is 0. The van der Waals surface area contributed by atoms with Gasteiger partial charge in [0.25, 0.3) is 0 Å². The van der Waals surface area contributed by atoms with Gasteiger partial charge in [-0.1, -0.05) is 31.9 Å². The molecule has 1 N–H and O–H groups in total. The summed E-state index contributed by atoms with van der Waals surface area (Å²) in [6.45, 7) is 4.33. The Morgan fingerprint density at radius 3 is 2.56 bits per heavy atom. The van der Waals surface area contributed by atoms with E-state index in [1.807, 2.05) is 13.0 Å². The first-order chi connectivity index (χ1) is 8.71. The van der Waals surface area contributed by atoms with Gasteiger partial charge in [0.1, 0.15) is 16.8 Å². The lowest BCUT2D eigenvalue weighted by Gasteiger charge is -2.28. The Hall–Kier alpha value is -0.830. The van der Waals surface area contributed by atoms with E-state index in [-0.39, 0.29) is 0 Å². The average molecular weight is 268 g/mol. The van der Waals surface area contributed by atoms with Crippen molar-refractivity contribution in [3.63, 3.8) is 0 Å². The summed E-state index contributed by atoms with van der Waals surface area (Å²) < 4.78 is 0. The van der Waals surface area contributed by atoms with E-state index in [2.05, 4.69) is 22.2 Å². The van der Waals surface area contributed by atoms with Gasteiger partial charge in [-0.3, -0.25) is 0 Å². The maximum atomic E-state index is 6.00. The minimum atomic E-state index is 0.534. The second kappa shape index (κ2) is 6.37. The van der Waals surface area contributed by atoms with Crippen LogP contribution in [0.15, 0.2) is 6.07 Å². The fourth-order valence-electron chi connectivity index (χ4n) is 2.62. The summed E-state index contributed by atoms with van der Waals surface area (Å²) in [5.74, 6) is 2.61. The Labute approximate surface area is 114 Å². The molecule has 0 unspecified atom stereocenters. The minimum Gasteiger partial charge on any atom is -0.367 e. The number of halogens is 1. The number of anilines is 1. The zero-order valence-corrected chi connectivity index (χ0v) is 12.0. The fraction of sp³-hybridized carbons (Fsp3) is 0.714. The molecule has 1 aromatic rings. The molecule has 0 spiro atoms. The molecular formula is C14H22ClN3. The molecule has 100 valence electrons. The van der Waals surface area contributed by atoms with Crippen molar-refractivity contribution in [3.05, 3.63) is 17.0 Å². The molecule has 3 nitrogen and oxygen atoms in total. The van der Waals surface area contributed by atoms with Gasteiger partial charge in [0, 0.05) is 18.5 Å². The number of hydrogen-bond donors (Lipinski definition) is 1. The van der Waals surface area contributed by atoms with E-state index in [4.69, 9.17) is 11.6 Å². The summed E-state index contributed by atoms with van der Waals surface area (Å²) in [4.78, 5) is 8.66. The number of nitrogens with one attached hydrogen (secondary N) is 1. The summed E-state index contributed by atoms with van der Waals surface area (Å²) in [7, 11) is 0. The molecule has 0 amide bonds. The zero-order valence-electron chi connectivity index (χ0n) is 11.2. The van der Waals surface area contributed by atoms with Gasteiger partial charge < -0.3 is 5.32 Å². The number of aryl methyl sites for hydroxylation is 1. The third-order valence-electron chi connectivity index (χ3n) is 3.83. The predicted octanol–water partition coefficient (Wildman–Crippen LogP) is 4.07. The van der Waals surface area contributed by atoms with Gasteiger partial charge in [0.05, 0.1) is 0 Å². The van der Waals surface area contributed by atoms with Gasteiger partial charge in [0.15, 0.2) is 0 Å². The first-order valence-corrected chi connectivity index (χ1v) is 7.39. The van der Waals surface area contributed by atoms with Gasteiger partial charge in [-0.15, -0.1) is 0 Å². The normalized spacial score (nSPS) is 23.9. The van der Waals surface area contributed by atoms with Crippen LogP contribution < -0.4 is 5.32 Å². The Balaban J connectivity index is 1.95. The van der Waals surface area contributed by atoms with E-state index < -0.39 is 0 Å². The third kappa shape index (κ3) is 3.58. The maximum absolute atomic E-state index is 6.00. The van der Waals surface area contributed by atoms with Gasteiger partial charge in [0.2, 0.25) is 0 Å². The average Bonchev–Trinajstić information content (AvgIpc) is 2.39. The van der Waals surface area contributed by atoms with E-state index in [1.165, 1.54) is 32.1 Å². The lowest BCUT2D eigenvalue weighted by Crippen LogP contribution is -2.26. The van der Waals surface area contributed by atoms with Crippen molar-refractivity contribution >= 4 is 17.4 Å². The topological polar surface area (TPSA) is 37.8 Å². The molecule has 0 aromatic carbocycles. The number of hydrogen-bond acceptors (Lipinski definition) is 3. The van der Waals surface area contributed by atoms with Crippen LogP contribution in [0.5, 0.6) is 0 Å². The lowest BCUT2D eigenvalue weighted by molar-refractivity contribution is 0.330. The van der Waals surface area contributed by atoms with Crippen molar-refractivity contribution in [2.24, 2.45) is 5.92 Å². The van der Waals surface area contributed by atoms with Crippen LogP contribution in [0, 0.1) is 5.92 Å². The van der Waals surface area contributed by atoms with Crippen molar-refractivity contribution in [3.8, 4) is 0 Å². The summed E-state index contributed by atoms with van der Waals surface area (Å²) in [6.07, 6.45) is 7.26. The van der Waals surface area contributed by atoms with Gasteiger partial charge in [-0.2, -0.15) is 0 Å². The molecule has 1 heterocycles. The molecule has 18 heavy (non-hydrogen) atoms. The molecule has 1 fully saturated rings. The van der Waals surface area contributed by atoms with Crippen molar-refractivity contribution in [2.75, 3.05) is 5.32 Å². The second-order valence-electron chi connectivity index (χ2n) is 5.12. The highest BCUT2D eigenvalue weighted by atomic mass is 35.5. The minimum absolute atomic E-state index is 0.534. The quantitative estimate of drug-likeness (QED) is 0.836. The molecule has 0 atom stereocenters. The highest BCUT2D eigenvalue weighted by Crippen LogP contribution is 2.28. The van der Waals surface area contributed by atoms with Crippen LogP contribution >= 0.6 is 11.6 Å². The van der Waals surface area contributed by atoms with Crippen LogP contribution in [0.1, 0.15) is 51.8 Å². The third-order valence-corrected chi connectivity index (χ3v) is 4.03. The fourth-order valence-corrected chi connectivity index (χ4v) is 2.82. The van der Waals surface area contributed by atoms with E-state index in [0.717, 1.165) is 24.0 Å². The van der Waals surface area contributed by atoms with Crippen LogP contribution in [0.3, 0.4) is 0 Å². The number of rotatable bonds is 4. The smallest absolute Gasteiger partial charge is 0.134 e. The Kier molecular flexibility index (Phi) is 4.81. The van der Waals surface area contributed by atoms with Gasteiger partial charge in [-0.25, -0.2) is 9.97 Å². The van der Waals surface area contributed by atoms with E-state index in [9.17, 15) is 0 Å². The summed E-state index contributed by atoms with van der Waals surface area (Å²) in [6, 6.07) is 2.37. The van der Waals surface area contributed by atoms with Gasteiger partial charge in [-0.05, 0) is 31.6 Å². The van der Waals surface area contributed by atoms with E-state index in [0.29, 0.717) is 11.2 Å². The van der Waals surface area contributed by atoms with Crippen LogP contribution in [0.2, 0.25) is 5.15 Å². The summed E-state index contributed by atoms with van der Waals surface area (Å²) in [5, 5.41) is 4.04. The molecule has 0 aliphatic heterocycles. The maximum Gasteiger partial charge on any atom is 0.134 e. The monoisotopic (exact) mass is 267 g/mol. The highest BCUT2D eigenvalue weighted by molar-refractivity contribution is 6.29. The molecule has 0 saturated heterocycles. The van der Waals surface area contributed by atoms with Crippen LogP contribution in [0.4, 0.5) is 5.82 Å². The predicted molar refractivity (Wildman–Crippen MR) is 76.1 cm³/mol. The molecule has 1 aliphatic carbocycles. The van der Waals surface area contributed by atoms with Crippen LogP contribution in [-0.2, 0) is 6.42 Å². The summed E-state index contributed by atoms with van der Waals surface area (Å²) >= 11 is 6.00. The van der Waals surface area contributed by atoms with Crippen molar-refractivity contribution in [1.29, 1.82) is 0 Å². The van der Waals surface area contributed by atoms with E-state index >= 15 is 0 Å². The largest absolute Gasteiger partial charge is 0.367 e. The molecule has 1 saturated carbocycles. The molecule has 1 aromatic heterocycles. The lowest BCUT2D eigenvalue weighted by atomic mass is 9.84. The molecule has 4 heteroatoms. The molecule has 2 rings (SSSR count).